The molecule has 0 aliphatic rings. The Labute approximate surface area is 142 Å². The average molecular weight is 346 g/mol. The van der Waals surface area contributed by atoms with E-state index < -0.39 is 10.9 Å². The number of nitro groups is 1. The van der Waals surface area contributed by atoms with E-state index in [9.17, 15) is 14.9 Å². The van der Waals surface area contributed by atoms with Crippen LogP contribution < -0.4 is 14.2 Å². The first kappa shape index (κ1) is 17.7. The van der Waals surface area contributed by atoms with Crippen molar-refractivity contribution in [3.8, 4) is 23.1 Å². The molecule has 9 nitrogen and oxygen atoms in total. The van der Waals surface area contributed by atoms with Gasteiger partial charge in [0, 0.05) is 18.2 Å². The van der Waals surface area contributed by atoms with Crippen molar-refractivity contribution in [2.24, 2.45) is 0 Å². The molecule has 0 radical (unpaired) electrons. The van der Waals surface area contributed by atoms with Gasteiger partial charge in [-0.3, -0.25) is 10.1 Å². The van der Waals surface area contributed by atoms with Crippen molar-refractivity contribution in [3.63, 3.8) is 0 Å². The van der Waals surface area contributed by atoms with Crippen LogP contribution in [0.4, 0.5) is 5.69 Å². The highest BCUT2D eigenvalue weighted by Crippen LogP contribution is 2.41. The van der Waals surface area contributed by atoms with Crippen molar-refractivity contribution in [1.82, 2.24) is 4.98 Å². The molecule has 2 rings (SSSR count). The molecule has 0 saturated carbocycles. The molecule has 0 amide bonds. The minimum Gasteiger partial charge on any atom is -0.493 e. The fourth-order valence-electron chi connectivity index (χ4n) is 1.91. The van der Waals surface area contributed by atoms with E-state index >= 15 is 0 Å². The Morgan fingerprint density at radius 2 is 1.88 bits per heavy atom. The maximum Gasteiger partial charge on any atom is 0.328 e. The summed E-state index contributed by atoms with van der Waals surface area (Å²) in [6.45, 7) is 0. The zero-order valence-corrected chi connectivity index (χ0v) is 13.3. The van der Waals surface area contributed by atoms with Gasteiger partial charge in [0.15, 0.2) is 11.5 Å². The molecule has 1 aromatic carbocycles. The third-order valence-electron chi connectivity index (χ3n) is 3.04. The van der Waals surface area contributed by atoms with Gasteiger partial charge in [-0.15, -0.1) is 0 Å². The van der Waals surface area contributed by atoms with Gasteiger partial charge in [-0.25, -0.2) is 9.78 Å². The van der Waals surface area contributed by atoms with E-state index in [1.54, 1.807) is 12.1 Å². The quantitative estimate of drug-likeness (QED) is 0.461. The van der Waals surface area contributed by atoms with Crippen molar-refractivity contribution in [2.75, 3.05) is 14.2 Å². The Bertz CT molecular complexity index is 791. The van der Waals surface area contributed by atoms with Crippen LogP contribution in [0.15, 0.2) is 36.5 Å². The standard InChI is InChI=1S/C16H14N2O7/c1-23-12-7-10(3-6-15(19)20)8-13(24-2)16(12)25-14-5-4-11(9-17-14)18(21)22/h3-9H,1-2H3,(H,19,20). The predicted octanol–water partition coefficient (Wildman–Crippen LogP) is 2.90. The molecule has 0 unspecified atom stereocenters. The van der Waals surface area contributed by atoms with Gasteiger partial charge in [-0.05, 0) is 23.8 Å². The lowest BCUT2D eigenvalue weighted by Gasteiger charge is -2.14. The highest BCUT2D eigenvalue weighted by atomic mass is 16.6. The number of ether oxygens (including phenoxy) is 3. The Kier molecular flexibility index (Phi) is 5.51. The Hall–Kier alpha value is -3.62. The lowest BCUT2D eigenvalue weighted by Crippen LogP contribution is -1.97. The summed E-state index contributed by atoms with van der Waals surface area (Å²) in [5.74, 6) is -0.211. The predicted molar refractivity (Wildman–Crippen MR) is 87.2 cm³/mol. The van der Waals surface area contributed by atoms with Crippen LogP contribution in [0.2, 0.25) is 0 Å². The van der Waals surface area contributed by atoms with E-state index in [0.29, 0.717) is 5.56 Å². The summed E-state index contributed by atoms with van der Waals surface area (Å²) >= 11 is 0. The molecule has 130 valence electrons. The van der Waals surface area contributed by atoms with Crippen molar-refractivity contribution in [2.45, 2.75) is 0 Å². The van der Waals surface area contributed by atoms with E-state index in [1.165, 1.54) is 32.4 Å². The van der Waals surface area contributed by atoms with Gasteiger partial charge in [-0.1, -0.05) is 0 Å². The SMILES string of the molecule is COc1cc(C=CC(=O)O)cc(OC)c1Oc1ccc([N+](=O)[O-])cn1. The summed E-state index contributed by atoms with van der Waals surface area (Å²) < 4.78 is 16.1. The van der Waals surface area contributed by atoms with Gasteiger partial charge in [-0.2, -0.15) is 0 Å². The van der Waals surface area contributed by atoms with Crippen molar-refractivity contribution in [1.29, 1.82) is 0 Å². The molecule has 25 heavy (non-hydrogen) atoms. The van der Waals surface area contributed by atoms with E-state index in [1.807, 2.05) is 0 Å². The lowest BCUT2D eigenvalue weighted by atomic mass is 10.1. The van der Waals surface area contributed by atoms with Crippen LogP contribution in [0.25, 0.3) is 6.08 Å². The molecule has 0 saturated heterocycles. The molecule has 0 spiro atoms. The molecule has 1 heterocycles. The first-order valence-electron chi connectivity index (χ1n) is 6.90. The van der Waals surface area contributed by atoms with E-state index in [-0.39, 0.29) is 28.8 Å². The molecule has 0 aliphatic carbocycles. The summed E-state index contributed by atoms with van der Waals surface area (Å²) in [4.78, 5) is 24.6. The number of carboxylic acids is 1. The maximum absolute atomic E-state index is 10.7. The number of aliphatic carboxylic acids is 1. The minimum atomic E-state index is -1.09. The van der Waals surface area contributed by atoms with Crippen molar-refractivity contribution in [3.05, 3.63) is 52.2 Å². The molecule has 0 atom stereocenters. The molecule has 1 N–H and O–H groups in total. The second-order valence-corrected chi connectivity index (χ2v) is 4.64. The van der Waals surface area contributed by atoms with Crippen LogP contribution in [0.3, 0.4) is 0 Å². The summed E-state index contributed by atoms with van der Waals surface area (Å²) in [6, 6.07) is 5.71. The van der Waals surface area contributed by atoms with Crippen LogP contribution >= 0.6 is 0 Å². The Morgan fingerprint density at radius 1 is 1.24 bits per heavy atom. The van der Waals surface area contributed by atoms with Crippen LogP contribution in [0.5, 0.6) is 23.1 Å². The van der Waals surface area contributed by atoms with Crippen LogP contribution in [-0.4, -0.2) is 35.2 Å². The number of pyridine rings is 1. The molecule has 0 bridgehead atoms. The minimum absolute atomic E-state index is 0.107. The molecular formula is C16H14N2O7. The van der Waals surface area contributed by atoms with Crippen LogP contribution in [0.1, 0.15) is 5.56 Å². The number of hydrogen-bond acceptors (Lipinski definition) is 7. The van der Waals surface area contributed by atoms with Gasteiger partial charge in [0.2, 0.25) is 11.6 Å². The van der Waals surface area contributed by atoms with E-state index in [2.05, 4.69) is 4.98 Å². The van der Waals surface area contributed by atoms with E-state index in [0.717, 1.165) is 12.3 Å². The van der Waals surface area contributed by atoms with Crippen LogP contribution in [-0.2, 0) is 4.79 Å². The third kappa shape index (κ3) is 4.44. The fraction of sp³-hybridized carbons (Fsp3) is 0.125. The number of nitrogens with zero attached hydrogens (tertiary/aromatic N) is 2. The number of rotatable bonds is 7. The fourth-order valence-corrected chi connectivity index (χ4v) is 1.91. The monoisotopic (exact) mass is 346 g/mol. The Morgan fingerprint density at radius 3 is 2.32 bits per heavy atom. The zero-order chi connectivity index (χ0) is 18.4. The second-order valence-electron chi connectivity index (χ2n) is 4.64. The normalized spacial score (nSPS) is 10.5. The zero-order valence-electron chi connectivity index (χ0n) is 13.3. The molecule has 0 aliphatic heterocycles. The smallest absolute Gasteiger partial charge is 0.328 e. The number of methoxy groups -OCH3 is 2. The van der Waals surface area contributed by atoms with Gasteiger partial charge in [0.05, 0.1) is 19.1 Å². The number of carbonyl (C=O) groups is 1. The highest BCUT2D eigenvalue weighted by Gasteiger charge is 2.16. The molecule has 0 fully saturated rings. The van der Waals surface area contributed by atoms with Crippen molar-refractivity contribution < 1.29 is 29.0 Å². The first-order chi connectivity index (χ1) is 11.9. The van der Waals surface area contributed by atoms with Gasteiger partial charge in [0.1, 0.15) is 6.20 Å². The highest BCUT2D eigenvalue weighted by molar-refractivity contribution is 5.85. The number of benzene rings is 1. The topological polar surface area (TPSA) is 121 Å². The second kappa shape index (κ2) is 7.77. The Balaban J connectivity index is 2.38. The average Bonchev–Trinajstić information content (AvgIpc) is 2.60. The number of hydrogen-bond donors (Lipinski definition) is 1. The maximum atomic E-state index is 10.7. The van der Waals surface area contributed by atoms with Gasteiger partial charge >= 0.3 is 5.97 Å². The van der Waals surface area contributed by atoms with E-state index in [4.69, 9.17) is 19.3 Å². The number of aromatic nitrogens is 1. The third-order valence-corrected chi connectivity index (χ3v) is 3.04. The molecule has 1 aromatic heterocycles. The lowest BCUT2D eigenvalue weighted by molar-refractivity contribution is -0.385. The van der Waals surface area contributed by atoms with Gasteiger partial charge < -0.3 is 19.3 Å². The first-order valence-corrected chi connectivity index (χ1v) is 6.90. The van der Waals surface area contributed by atoms with Crippen LogP contribution in [0, 0.1) is 10.1 Å². The number of carboxylic acid groups (broad SMARTS) is 1. The summed E-state index contributed by atoms with van der Waals surface area (Å²) in [6.07, 6.45) is 3.42. The summed E-state index contributed by atoms with van der Waals surface area (Å²) in [5.41, 5.74) is 0.362. The summed E-state index contributed by atoms with van der Waals surface area (Å²) in [5, 5.41) is 19.4. The molecule has 9 heteroatoms. The largest absolute Gasteiger partial charge is 0.493 e. The molecular weight excluding hydrogens is 332 g/mol. The van der Waals surface area contributed by atoms with Crippen molar-refractivity contribution >= 4 is 17.7 Å². The molecule has 2 aromatic rings. The van der Waals surface area contributed by atoms with Gasteiger partial charge in [0.25, 0.3) is 5.69 Å². The summed E-state index contributed by atoms with van der Waals surface area (Å²) in [7, 11) is 2.82.